The molecule has 0 aliphatic heterocycles. The largest absolute Gasteiger partial charge is 0.459 e. The smallest absolute Gasteiger partial charge is 0.349 e. The molecule has 0 amide bonds. The van der Waals surface area contributed by atoms with Gasteiger partial charge in [-0.15, -0.1) is 0 Å². The van der Waals surface area contributed by atoms with Crippen LogP contribution < -0.4 is 0 Å². The predicted octanol–water partition coefficient (Wildman–Crippen LogP) is 4.11. The van der Waals surface area contributed by atoms with Crippen LogP contribution in [0.3, 0.4) is 0 Å². The summed E-state index contributed by atoms with van der Waals surface area (Å²) in [5.41, 5.74) is 2.02. The third kappa shape index (κ3) is 3.86. The minimum atomic E-state index is -0.647. The van der Waals surface area contributed by atoms with E-state index in [1.807, 2.05) is 37.3 Å². The van der Waals surface area contributed by atoms with Crippen LogP contribution in [0.5, 0.6) is 0 Å². The van der Waals surface area contributed by atoms with E-state index in [4.69, 9.17) is 14.4 Å². The first-order valence-corrected chi connectivity index (χ1v) is 6.99. The van der Waals surface area contributed by atoms with Gasteiger partial charge in [-0.2, -0.15) is 5.26 Å². The molecule has 1 heterocycles. The Morgan fingerprint density at radius 3 is 2.50 bits per heavy atom. The van der Waals surface area contributed by atoms with Crippen molar-refractivity contribution in [3.63, 3.8) is 0 Å². The number of ether oxygens (including phenoxy) is 1. The SMILES string of the molecule is Cc1ccc(-c2ccc(/C=C(\C#N)C(=O)OC(C)C)o2)cc1. The van der Waals surface area contributed by atoms with Gasteiger partial charge < -0.3 is 9.15 Å². The van der Waals surface area contributed by atoms with Gasteiger partial charge in [0.25, 0.3) is 0 Å². The third-order valence-electron chi connectivity index (χ3n) is 2.93. The Kier molecular flexibility index (Phi) is 4.80. The lowest BCUT2D eigenvalue weighted by Gasteiger charge is -2.05. The summed E-state index contributed by atoms with van der Waals surface area (Å²) in [6.45, 7) is 5.48. The average Bonchev–Trinajstić information content (AvgIpc) is 2.93. The molecule has 0 bridgehead atoms. The molecule has 0 spiro atoms. The average molecular weight is 295 g/mol. The first-order chi connectivity index (χ1) is 10.5. The van der Waals surface area contributed by atoms with Crippen LogP contribution in [-0.2, 0) is 9.53 Å². The highest BCUT2D eigenvalue weighted by atomic mass is 16.5. The van der Waals surface area contributed by atoms with Crippen molar-refractivity contribution in [3.8, 4) is 17.4 Å². The summed E-state index contributed by atoms with van der Waals surface area (Å²) in [5.74, 6) is 0.472. The highest BCUT2D eigenvalue weighted by molar-refractivity contribution is 5.97. The van der Waals surface area contributed by atoms with Gasteiger partial charge in [-0.3, -0.25) is 0 Å². The van der Waals surface area contributed by atoms with E-state index in [0.717, 1.165) is 5.56 Å². The Morgan fingerprint density at radius 2 is 1.91 bits per heavy atom. The summed E-state index contributed by atoms with van der Waals surface area (Å²) in [7, 11) is 0. The molecule has 0 atom stereocenters. The normalized spacial score (nSPS) is 11.3. The number of hydrogen-bond acceptors (Lipinski definition) is 4. The van der Waals surface area contributed by atoms with Crippen LogP contribution in [0.2, 0.25) is 0 Å². The molecular formula is C18H17NO3. The number of hydrogen-bond donors (Lipinski definition) is 0. The van der Waals surface area contributed by atoms with Crippen LogP contribution in [0.4, 0.5) is 0 Å². The van der Waals surface area contributed by atoms with Crippen molar-refractivity contribution in [2.24, 2.45) is 0 Å². The van der Waals surface area contributed by atoms with Crippen LogP contribution in [0.25, 0.3) is 17.4 Å². The van der Waals surface area contributed by atoms with Gasteiger partial charge in [-0.1, -0.05) is 29.8 Å². The molecule has 0 aliphatic carbocycles. The first kappa shape index (κ1) is 15.6. The maximum Gasteiger partial charge on any atom is 0.349 e. The fraction of sp³-hybridized carbons (Fsp3) is 0.222. The van der Waals surface area contributed by atoms with Crippen molar-refractivity contribution in [2.45, 2.75) is 26.9 Å². The molecule has 1 aromatic heterocycles. The van der Waals surface area contributed by atoms with E-state index in [-0.39, 0.29) is 11.7 Å². The zero-order valence-corrected chi connectivity index (χ0v) is 12.8. The third-order valence-corrected chi connectivity index (χ3v) is 2.93. The topological polar surface area (TPSA) is 63.2 Å². The molecule has 22 heavy (non-hydrogen) atoms. The number of benzene rings is 1. The number of nitrogens with zero attached hydrogens (tertiary/aromatic N) is 1. The number of aryl methyl sites for hydroxylation is 1. The monoisotopic (exact) mass is 295 g/mol. The highest BCUT2D eigenvalue weighted by Gasteiger charge is 2.13. The number of rotatable bonds is 4. The summed E-state index contributed by atoms with van der Waals surface area (Å²) in [6, 6.07) is 13.3. The Hall–Kier alpha value is -2.80. The Labute approximate surface area is 129 Å². The number of nitriles is 1. The Balaban J connectivity index is 2.23. The molecular weight excluding hydrogens is 278 g/mol. The van der Waals surface area contributed by atoms with Gasteiger partial charge in [0, 0.05) is 11.6 Å². The van der Waals surface area contributed by atoms with E-state index in [9.17, 15) is 4.79 Å². The van der Waals surface area contributed by atoms with Crippen molar-refractivity contribution < 1.29 is 13.9 Å². The fourth-order valence-corrected chi connectivity index (χ4v) is 1.86. The second-order valence-electron chi connectivity index (χ2n) is 5.19. The summed E-state index contributed by atoms with van der Waals surface area (Å²) < 4.78 is 10.7. The van der Waals surface area contributed by atoms with E-state index in [2.05, 4.69) is 0 Å². The van der Waals surface area contributed by atoms with Crippen LogP contribution >= 0.6 is 0 Å². The van der Waals surface area contributed by atoms with Gasteiger partial charge in [0.1, 0.15) is 23.2 Å². The van der Waals surface area contributed by atoms with Gasteiger partial charge in [0.05, 0.1) is 6.10 Å². The maximum atomic E-state index is 11.7. The lowest BCUT2D eigenvalue weighted by atomic mass is 10.1. The van der Waals surface area contributed by atoms with Gasteiger partial charge >= 0.3 is 5.97 Å². The molecule has 2 rings (SSSR count). The van der Waals surface area contributed by atoms with Gasteiger partial charge in [0.15, 0.2) is 0 Å². The zero-order valence-electron chi connectivity index (χ0n) is 12.8. The maximum absolute atomic E-state index is 11.7. The number of carbonyl (C=O) groups is 1. The summed E-state index contributed by atoms with van der Waals surface area (Å²) in [4.78, 5) is 11.7. The quantitative estimate of drug-likeness (QED) is 0.483. The van der Waals surface area contributed by atoms with Crippen molar-refractivity contribution in [3.05, 3.63) is 53.3 Å². The second-order valence-corrected chi connectivity index (χ2v) is 5.19. The second kappa shape index (κ2) is 6.77. The molecule has 4 nitrogen and oxygen atoms in total. The predicted molar refractivity (Wildman–Crippen MR) is 83.7 cm³/mol. The van der Waals surface area contributed by atoms with E-state index < -0.39 is 5.97 Å². The van der Waals surface area contributed by atoms with Crippen LogP contribution in [0.1, 0.15) is 25.2 Å². The number of carbonyl (C=O) groups excluding carboxylic acids is 1. The minimum absolute atomic E-state index is 0.0847. The zero-order chi connectivity index (χ0) is 16.1. The van der Waals surface area contributed by atoms with Crippen LogP contribution in [0, 0.1) is 18.3 Å². The molecule has 0 saturated heterocycles. The van der Waals surface area contributed by atoms with Gasteiger partial charge in [-0.25, -0.2) is 4.79 Å². The number of esters is 1. The molecule has 0 unspecified atom stereocenters. The molecule has 0 fully saturated rings. The van der Waals surface area contributed by atoms with Gasteiger partial charge in [-0.05, 0) is 32.9 Å². The molecule has 0 radical (unpaired) electrons. The number of furan rings is 1. The van der Waals surface area contributed by atoms with E-state index >= 15 is 0 Å². The Bertz CT molecular complexity index is 730. The van der Waals surface area contributed by atoms with Crippen molar-refractivity contribution >= 4 is 12.0 Å². The first-order valence-electron chi connectivity index (χ1n) is 6.99. The van der Waals surface area contributed by atoms with Crippen molar-refractivity contribution in [1.82, 2.24) is 0 Å². The van der Waals surface area contributed by atoms with Crippen LogP contribution in [-0.4, -0.2) is 12.1 Å². The van der Waals surface area contributed by atoms with Crippen molar-refractivity contribution in [1.29, 1.82) is 5.26 Å². The lowest BCUT2D eigenvalue weighted by molar-refractivity contribution is -0.142. The van der Waals surface area contributed by atoms with E-state index in [0.29, 0.717) is 11.5 Å². The summed E-state index contributed by atoms with van der Waals surface area (Å²) >= 11 is 0. The Morgan fingerprint density at radius 1 is 1.23 bits per heavy atom. The summed E-state index contributed by atoms with van der Waals surface area (Å²) in [5, 5.41) is 9.06. The van der Waals surface area contributed by atoms with E-state index in [1.165, 1.54) is 11.6 Å². The van der Waals surface area contributed by atoms with E-state index in [1.54, 1.807) is 26.0 Å². The highest BCUT2D eigenvalue weighted by Crippen LogP contribution is 2.23. The molecule has 1 aromatic carbocycles. The fourth-order valence-electron chi connectivity index (χ4n) is 1.86. The van der Waals surface area contributed by atoms with Gasteiger partial charge in [0.2, 0.25) is 0 Å². The summed E-state index contributed by atoms with van der Waals surface area (Å²) in [6.07, 6.45) is 1.12. The molecule has 0 aliphatic rings. The molecule has 112 valence electrons. The molecule has 0 N–H and O–H groups in total. The standard InChI is InChI=1S/C18H17NO3/c1-12(2)21-18(20)15(11-19)10-16-8-9-17(22-16)14-6-4-13(3)5-7-14/h4-10,12H,1-3H3/b15-10+. The molecule has 2 aromatic rings. The minimum Gasteiger partial charge on any atom is -0.459 e. The lowest BCUT2D eigenvalue weighted by Crippen LogP contribution is -2.12. The molecule has 4 heteroatoms. The molecule has 0 saturated carbocycles. The van der Waals surface area contributed by atoms with Crippen molar-refractivity contribution in [2.75, 3.05) is 0 Å². The van der Waals surface area contributed by atoms with Crippen LogP contribution in [0.15, 0.2) is 46.4 Å².